The van der Waals surface area contributed by atoms with Crippen molar-refractivity contribution in [2.24, 2.45) is 5.14 Å². The number of sulfone groups is 1. The Balaban J connectivity index is 2.73. The van der Waals surface area contributed by atoms with Crippen molar-refractivity contribution in [3.63, 3.8) is 0 Å². The fraction of sp³-hybridized carbons (Fsp3) is 0.333. The van der Waals surface area contributed by atoms with Gasteiger partial charge in [-0.2, -0.15) is 8.78 Å². The molecule has 0 aliphatic rings. The van der Waals surface area contributed by atoms with Crippen molar-refractivity contribution in [2.45, 2.75) is 15.5 Å². The quantitative estimate of drug-likeness (QED) is 0.787. The maximum absolute atomic E-state index is 12.3. The molecule has 1 rings (SSSR count). The summed E-state index contributed by atoms with van der Waals surface area (Å²) < 4.78 is 68.2. The second-order valence-electron chi connectivity index (χ2n) is 3.49. The van der Waals surface area contributed by atoms with E-state index in [2.05, 4.69) is 0 Å². The van der Waals surface area contributed by atoms with Crippen molar-refractivity contribution in [1.82, 2.24) is 0 Å². The summed E-state index contributed by atoms with van der Waals surface area (Å²) in [5.41, 5.74) is 0. The van der Waals surface area contributed by atoms with Crippen LogP contribution < -0.4 is 5.14 Å². The van der Waals surface area contributed by atoms with Crippen LogP contribution >= 0.6 is 11.8 Å². The van der Waals surface area contributed by atoms with Gasteiger partial charge in [-0.1, -0.05) is 0 Å². The molecule has 0 aliphatic heterocycles. The molecular formula is C9H11F2NO4S3. The van der Waals surface area contributed by atoms with Crippen LogP contribution in [0.5, 0.6) is 0 Å². The fourth-order valence-electron chi connectivity index (χ4n) is 1.10. The average molecular weight is 331 g/mol. The van der Waals surface area contributed by atoms with Crippen LogP contribution in [0.25, 0.3) is 0 Å². The molecule has 0 spiro atoms. The van der Waals surface area contributed by atoms with Crippen LogP contribution in [0.3, 0.4) is 0 Å². The fourth-order valence-corrected chi connectivity index (χ4v) is 3.65. The molecule has 0 heterocycles. The van der Waals surface area contributed by atoms with Crippen molar-refractivity contribution in [3.8, 4) is 0 Å². The molecule has 0 saturated heterocycles. The van der Waals surface area contributed by atoms with Crippen LogP contribution in [0, 0.1) is 0 Å². The van der Waals surface area contributed by atoms with Gasteiger partial charge in [0, 0.05) is 10.6 Å². The van der Waals surface area contributed by atoms with Crippen LogP contribution in [0.2, 0.25) is 0 Å². The van der Waals surface area contributed by atoms with Crippen LogP contribution in [-0.2, 0) is 19.9 Å². The third kappa shape index (κ3) is 5.05. The molecule has 1 aromatic rings. The van der Waals surface area contributed by atoms with E-state index < -0.39 is 30.5 Å². The summed E-state index contributed by atoms with van der Waals surface area (Å²) in [6.07, 6.45) is 0. The molecule has 0 radical (unpaired) electrons. The first-order valence-electron chi connectivity index (χ1n) is 4.88. The number of sulfonamides is 1. The third-order valence-corrected chi connectivity index (χ3v) is 5.47. The first-order chi connectivity index (χ1) is 8.63. The Hall–Kier alpha value is -0.710. The Morgan fingerprint density at radius 1 is 1.11 bits per heavy atom. The van der Waals surface area contributed by atoms with Gasteiger partial charge >= 0.3 is 5.76 Å². The molecule has 0 aromatic heterocycles. The highest BCUT2D eigenvalue weighted by atomic mass is 32.2. The average Bonchev–Trinajstić information content (AvgIpc) is 2.27. The maximum atomic E-state index is 12.3. The summed E-state index contributed by atoms with van der Waals surface area (Å²) >= 11 is 1.13. The highest BCUT2D eigenvalue weighted by molar-refractivity contribution is 8.00. The molecule has 5 nitrogen and oxygen atoms in total. The van der Waals surface area contributed by atoms with Gasteiger partial charge in [0.2, 0.25) is 19.9 Å². The van der Waals surface area contributed by atoms with Crippen LogP contribution in [0.15, 0.2) is 34.1 Å². The molecule has 0 unspecified atom stereocenters. The zero-order valence-corrected chi connectivity index (χ0v) is 11.9. The number of primary sulfonamides is 1. The van der Waals surface area contributed by atoms with Gasteiger partial charge in [0.1, 0.15) is 0 Å². The minimum absolute atomic E-state index is 0.194. The molecule has 0 bridgehead atoms. The van der Waals surface area contributed by atoms with Crippen molar-refractivity contribution < 1.29 is 25.6 Å². The van der Waals surface area contributed by atoms with Gasteiger partial charge < -0.3 is 0 Å². The number of nitrogens with two attached hydrogens (primary N) is 1. The van der Waals surface area contributed by atoms with Gasteiger partial charge in [0.25, 0.3) is 0 Å². The maximum Gasteiger partial charge on any atom is 0.341 e. The Labute approximate surface area is 114 Å². The Morgan fingerprint density at radius 3 is 2.05 bits per heavy atom. The monoisotopic (exact) mass is 331 g/mol. The van der Waals surface area contributed by atoms with Crippen LogP contribution in [0.4, 0.5) is 8.78 Å². The summed E-state index contributed by atoms with van der Waals surface area (Å²) in [6.45, 7) is 0. The lowest BCUT2D eigenvalue weighted by molar-refractivity contribution is 0.234. The summed E-state index contributed by atoms with van der Waals surface area (Å²) in [5.74, 6) is -3.50. The molecule has 10 heteroatoms. The third-order valence-electron chi connectivity index (χ3n) is 2.02. The van der Waals surface area contributed by atoms with E-state index in [1.807, 2.05) is 0 Å². The molecule has 1 aromatic carbocycles. The highest BCUT2D eigenvalue weighted by Gasteiger charge is 2.26. The lowest BCUT2D eigenvalue weighted by Gasteiger charge is -2.04. The number of hydrogen-bond acceptors (Lipinski definition) is 5. The first kappa shape index (κ1) is 16.3. The summed E-state index contributed by atoms with van der Waals surface area (Å²) in [6, 6.07) is 4.79. The molecule has 0 amide bonds. The summed E-state index contributed by atoms with van der Waals surface area (Å²) in [4.78, 5) is 0.0927. The van der Waals surface area contributed by atoms with Gasteiger partial charge in [-0.25, -0.2) is 22.0 Å². The molecule has 0 aliphatic carbocycles. The first-order valence-corrected chi connectivity index (χ1v) is 9.13. The van der Waals surface area contributed by atoms with Crippen LogP contribution in [-0.4, -0.2) is 34.1 Å². The molecule has 19 heavy (non-hydrogen) atoms. The molecule has 0 atom stereocenters. The number of thioether (sulfide) groups is 1. The predicted molar refractivity (Wildman–Crippen MR) is 68.3 cm³/mol. The molecule has 2 N–H and O–H groups in total. The number of benzene rings is 1. The Bertz CT molecular complexity index is 626. The Kier molecular flexibility index (Phi) is 5.30. The second-order valence-corrected chi connectivity index (χ2v) is 8.31. The van der Waals surface area contributed by atoms with E-state index in [4.69, 9.17) is 5.14 Å². The van der Waals surface area contributed by atoms with Gasteiger partial charge in [0.15, 0.2) is 0 Å². The van der Waals surface area contributed by atoms with Crippen LogP contribution in [0.1, 0.15) is 0 Å². The van der Waals surface area contributed by atoms with Crippen molar-refractivity contribution in [2.75, 3.05) is 11.5 Å². The number of hydrogen-bond donors (Lipinski definition) is 1. The second kappa shape index (κ2) is 6.16. The highest BCUT2D eigenvalue weighted by Crippen LogP contribution is 2.23. The van der Waals surface area contributed by atoms with Gasteiger partial charge in [-0.3, -0.25) is 0 Å². The van der Waals surface area contributed by atoms with Gasteiger partial charge in [0.05, 0.1) is 10.6 Å². The zero-order valence-electron chi connectivity index (χ0n) is 9.49. The predicted octanol–water partition coefficient (Wildman–Crippen LogP) is 1.06. The Morgan fingerprint density at radius 2 is 1.63 bits per heavy atom. The number of rotatable bonds is 6. The van der Waals surface area contributed by atoms with E-state index in [0.717, 1.165) is 23.9 Å². The lowest BCUT2D eigenvalue weighted by Crippen LogP contribution is -2.17. The van der Waals surface area contributed by atoms with E-state index in [0.29, 0.717) is 4.90 Å². The minimum Gasteiger partial charge on any atom is -0.229 e. The minimum atomic E-state index is -4.60. The van der Waals surface area contributed by atoms with Crippen molar-refractivity contribution in [1.29, 1.82) is 0 Å². The zero-order chi connectivity index (χ0) is 14.7. The van der Waals surface area contributed by atoms with E-state index in [1.54, 1.807) is 0 Å². The SMILES string of the molecule is NS(=O)(=O)CCSc1ccc(S(=O)(=O)C(F)F)cc1. The number of halogens is 2. The van der Waals surface area contributed by atoms with E-state index >= 15 is 0 Å². The lowest BCUT2D eigenvalue weighted by atomic mass is 10.4. The molecule has 0 fully saturated rings. The normalized spacial score (nSPS) is 12.8. The van der Waals surface area contributed by atoms with E-state index in [9.17, 15) is 25.6 Å². The largest absolute Gasteiger partial charge is 0.341 e. The smallest absolute Gasteiger partial charge is 0.229 e. The molecular weight excluding hydrogens is 320 g/mol. The molecule has 108 valence electrons. The standard InChI is InChI=1S/C9H11F2NO4S3/c10-9(11)19(15,16)8-3-1-7(2-4-8)17-5-6-18(12,13)14/h1-4,9H,5-6H2,(H2,12,13,14). The van der Waals surface area contributed by atoms with Gasteiger partial charge in [-0.05, 0) is 24.3 Å². The van der Waals surface area contributed by atoms with Crippen molar-refractivity contribution >= 4 is 31.6 Å². The molecule has 0 saturated carbocycles. The summed E-state index contributed by atoms with van der Waals surface area (Å²) in [7, 11) is -8.15. The van der Waals surface area contributed by atoms with E-state index in [1.165, 1.54) is 12.1 Å². The summed E-state index contributed by atoms with van der Waals surface area (Å²) in [5, 5.41) is 4.81. The topological polar surface area (TPSA) is 94.3 Å². The van der Waals surface area contributed by atoms with E-state index in [-0.39, 0.29) is 11.5 Å². The number of alkyl halides is 2. The van der Waals surface area contributed by atoms with Gasteiger partial charge in [-0.15, -0.1) is 11.8 Å². The van der Waals surface area contributed by atoms with Crippen molar-refractivity contribution in [3.05, 3.63) is 24.3 Å².